The normalized spacial score (nSPS) is 18.8. The number of carbonyl (C=O) groups excluding carboxylic acids is 1. The first-order chi connectivity index (χ1) is 15.7. The number of fused-ring (bicyclic) bond motifs is 1. The smallest absolute Gasteiger partial charge is 0.419 e. The van der Waals surface area contributed by atoms with Crippen LogP contribution in [0.25, 0.3) is 22.2 Å². The summed E-state index contributed by atoms with van der Waals surface area (Å²) in [6.45, 7) is 0.973. The van der Waals surface area contributed by atoms with Crippen molar-refractivity contribution in [1.29, 1.82) is 0 Å². The molecule has 0 radical (unpaired) electrons. The molecular formula is C20H20BrF3N6O3. The van der Waals surface area contributed by atoms with E-state index in [4.69, 9.17) is 0 Å². The first kappa shape index (κ1) is 23.3. The highest BCUT2D eigenvalue weighted by Gasteiger charge is 2.36. The number of hydrogen-bond donors (Lipinski definition) is 5. The fraction of sp³-hybridized carbons (Fsp3) is 0.350. The molecule has 1 aliphatic rings. The van der Waals surface area contributed by atoms with Gasteiger partial charge in [-0.05, 0) is 28.4 Å². The number of aromatic nitrogens is 3. The number of hydrogen-bond acceptors (Lipinski definition) is 7. The van der Waals surface area contributed by atoms with E-state index < -0.39 is 23.9 Å². The first-order valence-corrected chi connectivity index (χ1v) is 10.7. The van der Waals surface area contributed by atoms with Crippen LogP contribution in [0.4, 0.5) is 29.6 Å². The molecule has 4 rings (SSSR count). The Hall–Kier alpha value is -2.90. The van der Waals surface area contributed by atoms with E-state index in [0.717, 1.165) is 6.20 Å². The van der Waals surface area contributed by atoms with E-state index in [-0.39, 0.29) is 23.2 Å². The van der Waals surface area contributed by atoms with Crippen LogP contribution in [-0.2, 0) is 10.9 Å². The highest BCUT2D eigenvalue weighted by molar-refractivity contribution is 9.10. The van der Waals surface area contributed by atoms with Gasteiger partial charge in [0, 0.05) is 42.5 Å². The van der Waals surface area contributed by atoms with Crippen molar-refractivity contribution in [3.8, 4) is 11.3 Å². The zero-order chi connectivity index (χ0) is 23.8. The fourth-order valence-corrected chi connectivity index (χ4v) is 4.25. The molecule has 1 saturated heterocycles. The molecule has 0 saturated carbocycles. The number of aliphatic hydroxyl groups is 1. The van der Waals surface area contributed by atoms with Crippen molar-refractivity contribution in [1.82, 2.24) is 20.3 Å². The zero-order valence-electron chi connectivity index (χ0n) is 17.3. The van der Waals surface area contributed by atoms with Crippen molar-refractivity contribution >= 4 is 44.6 Å². The summed E-state index contributed by atoms with van der Waals surface area (Å²) >= 11 is 3.37. The second-order valence-corrected chi connectivity index (χ2v) is 8.30. The number of halogens is 4. The summed E-state index contributed by atoms with van der Waals surface area (Å²) in [5.41, 5.74) is -0.207. The van der Waals surface area contributed by atoms with Gasteiger partial charge in [0.1, 0.15) is 5.56 Å². The van der Waals surface area contributed by atoms with Gasteiger partial charge in [-0.25, -0.2) is 14.8 Å². The summed E-state index contributed by atoms with van der Waals surface area (Å²) < 4.78 is 46.4. The third kappa shape index (κ3) is 4.89. The minimum Gasteiger partial charge on any atom is -0.453 e. The van der Waals surface area contributed by atoms with E-state index in [1.807, 2.05) is 0 Å². The second kappa shape index (κ2) is 9.15. The number of nitrogens with zero attached hydrogens (tertiary/aromatic N) is 2. The van der Waals surface area contributed by atoms with Crippen LogP contribution in [-0.4, -0.2) is 58.5 Å². The number of nitrogens with one attached hydrogen (secondary N) is 4. The molecule has 9 nitrogen and oxygen atoms in total. The van der Waals surface area contributed by atoms with Crippen molar-refractivity contribution in [2.45, 2.75) is 24.7 Å². The summed E-state index contributed by atoms with van der Waals surface area (Å²) in [4.78, 5) is 22.5. The Morgan fingerprint density at radius 1 is 1.33 bits per heavy atom. The molecule has 13 heteroatoms. The van der Waals surface area contributed by atoms with Gasteiger partial charge in [0.25, 0.3) is 0 Å². The van der Waals surface area contributed by atoms with E-state index in [1.54, 1.807) is 12.1 Å². The number of ether oxygens (including phenoxy) is 1. The Morgan fingerprint density at radius 2 is 2.12 bits per heavy atom. The molecule has 1 amide bonds. The molecule has 0 bridgehead atoms. The van der Waals surface area contributed by atoms with E-state index >= 15 is 0 Å². The SMILES string of the molecule is COC(=O)Nc1ccc2c(-c3nc(N[C@@H]4CNC[C@H](O)C4)ncc3C(F)(F)F)c[nH]c2c1Br. The number of rotatable bonds is 4. The van der Waals surface area contributed by atoms with Crippen LogP contribution in [0.1, 0.15) is 12.0 Å². The van der Waals surface area contributed by atoms with Crippen LogP contribution < -0.4 is 16.0 Å². The standard InChI is InChI=1S/C20H20BrF3N6O3/c1-33-19(32)29-14-3-2-11-12(7-26-17(11)15(14)21)16-13(20(22,23)24)8-27-18(30-16)28-9-4-10(31)6-25-5-9/h2-3,7-10,25-26,31H,4-6H2,1H3,(H,29,32)(H,27,28,30)/t9-,10+/m0/s1. The number of benzene rings is 1. The van der Waals surface area contributed by atoms with Gasteiger partial charge in [-0.2, -0.15) is 13.2 Å². The minimum absolute atomic E-state index is 0.0243. The topological polar surface area (TPSA) is 124 Å². The number of aliphatic hydroxyl groups excluding tert-OH is 1. The first-order valence-electron chi connectivity index (χ1n) is 9.92. The lowest BCUT2D eigenvalue weighted by Gasteiger charge is -2.27. The quantitative estimate of drug-likeness (QED) is 0.349. The van der Waals surface area contributed by atoms with Crippen molar-refractivity contribution in [2.24, 2.45) is 0 Å². The van der Waals surface area contributed by atoms with Crippen molar-refractivity contribution in [3.05, 3.63) is 34.6 Å². The monoisotopic (exact) mass is 528 g/mol. The molecule has 176 valence electrons. The molecule has 3 heterocycles. The summed E-state index contributed by atoms with van der Waals surface area (Å²) in [5, 5.41) is 18.8. The zero-order valence-corrected chi connectivity index (χ0v) is 18.8. The number of aromatic amines is 1. The molecule has 3 aromatic rings. The summed E-state index contributed by atoms with van der Waals surface area (Å²) in [6, 6.07) is 2.89. The van der Waals surface area contributed by atoms with E-state index in [2.05, 4.69) is 51.6 Å². The maximum atomic E-state index is 13.8. The number of amides is 1. The van der Waals surface area contributed by atoms with Gasteiger partial charge in [0.2, 0.25) is 5.95 Å². The van der Waals surface area contributed by atoms with E-state index in [9.17, 15) is 23.1 Å². The average Bonchev–Trinajstić information content (AvgIpc) is 3.19. The number of β-amino-alcohol motifs (C(OH)–C–C–N with tert-alkyl or cyclic N) is 1. The van der Waals surface area contributed by atoms with Crippen molar-refractivity contribution in [2.75, 3.05) is 30.8 Å². The van der Waals surface area contributed by atoms with Gasteiger partial charge in [-0.1, -0.05) is 6.07 Å². The summed E-state index contributed by atoms with van der Waals surface area (Å²) in [6.07, 6.45) is -3.34. The van der Waals surface area contributed by atoms with Crippen molar-refractivity contribution < 1.29 is 27.8 Å². The largest absolute Gasteiger partial charge is 0.453 e. The molecule has 0 spiro atoms. The van der Waals surface area contributed by atoms with Gasteiger partial charge in [-0.15, -0.1) is 0 Å². The lowest BCUT2D eigenvalue weighted by Crippen LogP contribution is -2.46. The molecule has 5 N–H and O–H groups in total. The number of alkyl halides is 3. The van der Waals surface area contributed by atoms with Crippen molar-refractivity contribution in [3.63, 3.8) is 0 Å². The van der Waals surface area contributed by atoms with Crippen LogP contribution in [0.15, 0.2) is 29.0 Å². The molecule has 1 aromatic carbocycles. The van der Waals surface area contributed by atoms with Gasteiger partial charge < -0.3 is 25.5 Å². The highest BCUT2D eigenvalue weighted by atomic mass is 79.9. The van der Waals surface area contributed by atoms with Crippen LogP contribution in [0.3, 0.4) is 0 Å². The predicted molar refractivity (Wildman–Crippen MR) is 119 cm³/mol. The highest BCUT2D eigenvalue weighted by Crippen LogP contribution is 2.41. The molecule has 2 atom stereocenters. The molecule has 1 fully saturated rings. The molecule has 33 heavy (non-hydrogen) atoms. The second-order valence-electron chi connectivity index (χ2n) is 7.51. The number of anilines is 2. The predicted octanol–water partition coefficient (Wildman–Crippen LogP) is 3.72. The number of carbonyl (C=O) groups is 1. The third-order valence-corrected chi connectivity index (χ3v) is 6.05. The van der Waals surface area contributed by atoms with Crippen LogP contribution in [0.5, 0.6) is 0 Å². The Labute approximate surface area is 194 Å². The lowest BCUT2D eigenvalue weighted by molar-refractivity contribution is -0.137. The van der Waals surface area contributed by atoms with Gasteiger partial charge in [0.15, 0.2) is 0 Å². The Balaban J connectivity index is 1.76. The van der Waals surface area contributed by atoms with E-state index in [0.29, 0.717) is 40.6 Å². The Bertz CT molecular complexity index is 1190. The number of H-pyrrole nitrogens is 1. The van der Waals surface area contributed by atoms with Crippen LogP contribution >= 0.6 is 15.9 Å². The van der Waals surface area contributed by atoms with Crippen LogP contribution in [0.2, 0.25) is 0 Å². The summed E-state index contributed by atoms with van der Waals surface area (Å²) in [5.74, 6) is 0.0243. The minimum atomic E-state index is -4.68. The Kier molecular flexibility index (Phi) is 6.45. The molecule has 1 aliphatic heterocycles. The maximum absolute atomic E-state index is 13.8. The average molecular weight is 529 g/mol. The Morgan fingerprint density at radius 3 is 2.82 bits per heavy atom. The van der Waals surface area contributed by atoms with Crippen LogP contribution in [0, 0.1) is 0 Å². The fourth-order valence-electron chi connectivity index (χ4n) is 3.69. The molecule has 0 aliphatic carbocycles. The molecule has 0 unspecified atom stereocenters. The third-order valence-electron chi connectivity index (χ3n) is 5.22. The maximum Gasteiger partial charge on any atom is 0.419 e. The van der Waals surface area contributed by atoms with E-state index in [1.165, 1.54) is 13.3 Å². The molecular weight excluding hydrogens is 509 g/mol. The summed E-state index contributed by atoms with van der Waals surface area (Å²) in [7, 11) is 1.22. The number of methoxy groups -OCH3 is 1. The number of piperidine rings is 1. The van der Waals surface area contributed by atoms with Gasteiger partial charge >= 0.3 is 12.3 Å². The lowest BCUT2D eigenvalue weighted by atomic mass is 10.0. The van der Waals surface area contributed by atoms with Gasteiger partial charge in [-0.3, -0.25) is 5.32 Å². The molecule has 2 aromatic heterocycles. The van der Waals surface area contributed by atoms with Gasteiger partial charge in [0.05, 0.1) is 34.6 Å².